The second-order valence-electron chi connectivity index (χ2n) is 3.18. The Morgan fingerprint density at radius 1 is 1.46 bits per heavy atom. The van der Waals surface area contributed by atoms with E-state index in [-0.39, 0.29) is 6.61 Å². The molecule has 1 aliphatic heterocycles. The molecule has 5 heteroatoms. The standard InChI is InChI=1S/C8H14F3NO/c1-2-7-3-4-12(7)5-6-13-8(9,10)11/h7H,2-6H2,1H3/t7-/m0/s1. The van der Waals surface area contributed by atoms with Crippen LogP contribution >= 0.6 is 0 Å². The fourth-order valence-corrected chi connectivity index (χ4v) is 1.53. The number of rotatable bonds is 4. The molecular formula is C8H14F3NO. The van der Waals surface area contributed by atoms with E-state index in [2.05, 4.69) is 4.74 Å². The lowest BCUT2D eigenvalue weighted by Gasteiger charge is -2.40. The molecule has 0 aromatic heterocycles. The van der Waals surface area contributed by atoms with Gasteiger partial charge in [0.2, 0.25) is 0 Å². The number of hydrogen-bond donors (Lipinski definition) is 0. The lowest BCUT2D eigenvalue weighted by atomic mass is 10.0. The minimum absolute atomic E-state index is 0.250. The van der Waals surface area contributed by atoms with Crippen molar-refractivity contribution in [3.63, 3.8) is 0 Å². The maximum absolute atomic E-state index is 11.6. The van der Waals surface area contributed by atoms with Crippen LogP contribution in [0.5, 0.6) is 0 Å². The van der Waals surface area contributed by atoms with E-state index in [1.54, 1.807) is 0 Å². The van der Waals surface area contributed by atoms with E-state index >= 15 is 0 Å². The number of likely N-dealkylation sites (tertiary alicyclic amines) is 1. The molecule has 0 radical (unpaired) electrons. The third kappa shape index (κ3) is 3.52. The second-order valence-corrected chi connectivity index (χ2v) is 3.18. The topological polar surface area (TPSA) is 12.5 Å². The van der Waals surface area contributed by atoms with E-state index in [0.717, 1.165) is 19.4 Å². The maximum atomic E-state index is 11.6. The number of nitrogens with zero attached hydrogens (tertiary/aromatic N) is 1. The minimum atomic E-state index is -4.48. The molecule has 0 aromatic rings. The summed E-state index contributed by atoms with van der Waals surface area (Å²) in [5.41, 5.74) is 0. The largest absolute Gasteiger partial charge is 0.522 e. The number of hydrogen-bond acceptors (Lipinski definition) is 2. The Labute approximate surface area is 75.7 Å². The summed E-state index contributed by atoms with van der Waals surface area (Å²) in [7, 11) is 0. The quantitative estimate of drug-likeness (QED) is 0.683. The summed E-state index contributed by atoms with van der Waals surface area (Å²) in [6.07, 6.45) is -2.37. The van der Waals surface area contributed by atoms with Crippen molar-refractivity contribution < 1.29 is 17.9 Å². The van der Waals surface area contributed by atoms with Crippen LogP contribution in [0.4, 0.5) is 13.2 Å². The minimum Gasteiger partial charge on any atom is -0.298 e. The number of ether oxygens (including phenoxy) is 1. The zero-order chi connectivity index (χ0) is 9.90. The maximum Gasteiger partial charge on any atom is 0.522 e. The fraction of sp³-hybridized carbons (Fsp3) is 1.00. The zero-order valence-electron chi connectivity index (χ0n) is 7.60. The smallest absolute Gasteiger partial charge is 0.298 e. The third-order valence-electron chi connectivity index (χ3n) is 2.38. The molecule has 1 heterocycles. The summed E-state index contributed by atoms with van der Waals surface area (Å²) in [6, 6.07) is 0.469. The van der Waals surface area contributed by atoms with Crippen LogP contribution in [0, 0.1) is 0 Å². The van der Waals surface area contributed by atoms with Gasteiger partial charge in [0.25, 0.3) is 0 Å². The molecule has 78 valence electrons. The van der Waals surface area contributed by atoms with Gasteiger partial charge in [0.1, 0.15) is 0 Å². The van der Waals surface area contributed by atoms with Crippen molar-refractivity contribution in [1.82, 2.24) is 4.90 Å². The molecule has 0 saturated carbocycles. The third-order valence-corrected chi connectivity index (χ3v) is 2.38. The lowest BCUT2D eigenvalue weighted by Crippen LogP contribution is -2.48. The highest BCUT2D eigenvalue weighted by atomic mass is 19.4. The predicted molar refractivity (Wildman–Crippen MR) is 42.3 cm³/mol. The van der Waals surface area contributed by atoms with Crippen LogP contribution in [-0.4, -0.2) is 37.0 Å². The van der Waals surface area contributed by atoms with Gasteiger partial charge < -0.3 is 0 Å². The highest BCUT2D eigenvalue weighted by Crippen LogP contribution is 2.21. The SMILES string of the molecule is CC[C@H]1CCN1CCOC(F)(F)F. The van der Waals surface area contributed by atoms with Crippen molar-refractivity contribution in [2.75, 3.05) is 19.7 Å². The summed E-state index contributed by atoms with van der Waals surface area (Å²) in [5, 5.41) is 0. The van der Waals surface area contributed by atoms with Gasteiger partial charge >= 0.3 is 6.36 Å². The van der Waals surface area contributed by atoms with Gasteiger partial charge in [-0.3, -0.25) is 9.64 Å². The van der Waals surface area contributed by atoms with Crippen molar-refractivity contribution in [3.05, 3.63) is 0 Å². The number of halogens is 3. The van der Waals surface area contributed by atoms with Crippen LogP contribution in [0.3, 0.4) is 0 Å². The van der Waals surface area contributed by atoms with Gasteiger partial charge in [0.15, 0.2) is 0 Å². The molecule has 1 fully saturated rings. The molecule has 1 saturated heterocycles. The van der Waals surface area contributed by atoms with E-state index in [0.29, 0.717) is 12.6 Å². The summed E-state index contributed by atoms with van der Waals surface area (Å²) in [5.74, 6) is 0. The van der Waals surface area contributed by atoms with E-state index < -0.39 is 6.36 Å². The molecule has 0 spiro atoms. The van der Waals surface area contributed by atoms with Crippen LogP contribution in [0.15, 0.2) is 0 Å². The Morgan fingerprint density at radius 2 is 2.15 bits per heavy atom. The Bertz CT molecular complexity index is 158. The molecule has 1 aliphatic rings. The predicted octanol–water partition coefficient (Wildman–Crippen LogP) is 2.01. The first-order valence-corrected chi connectivity index (χ1v) is 4.47. The molecule has 0 amide bonds. The summed E-state index contributed by atoms with van der Waals surface area (Å²) in [4.78, 5) is 2.02. The monoisotopic (exact) mass is 197 g/mol. The van der Waals surface area contributed by atoms with Crippen molar-refractivity contribution in [1.29, 1.82) is 0 Å². The summed E-state index contributed by atoms with van der Waals surface area (Å²) < 4.78 is 38.4. The molecule has 0 aromatic carbocycles. The Balaban J connectivity index is 2.06. The number of alkyl halides is 3. The van der Waals surface area contributed by atoms with Crippen molar-refractivity contribution in [2.24, 2.45) is 0 Å². The first-order chi connectivity index (χ1) is 6.03. The molecule has 1 atom stereocenters. The lowest BCUT2D eigenvalue weighted by molar-refractivity contribution is -0.325. The van der Waals surface area contributed by atoms with Crippen LogP contribution in [0.1, 0.15) is 19.8 Å². The van der Waals surface area contributed by atoms with E-state index in [4.69, 9.17) is 0 Å². The summed E-state index contributed by atoms with van der Waals surface area (Å²) >= 11 is 0. The molecule has 0 aliphatic carbocycles. The second kappa shape index (κ2) is 4.28. The molecule has 0 bridgehead atoms. The Kier molecular flexibility index (Phi) is 3.55. The van der Waals surface area contributed by atoms with E-state index in [1.165, 1.54) is 0 Å². The van der Waals surface area contributed by atoms with Crippen molar-refractivity contribution >= 4 is 0 Å². The molecule has 2 nitrogen and oxygen atoms in total. The summed E-state index contributed by atoms with van der Waals surface area (Å²) in [6.45, 7) is 3.08. The van der Waals surface area contributed by atoms with Gasteiger partial charge in [-0.1, -0.05) is 6.92 Å². The molecule has 1 rings (SSSR count). The van der Waals surface area contributed by atoms with Crippen LogP contribution in [-0.2, 0) is 4.74 Å². The molecule has 0 unspecified atom stereocenters. The average Bonchev–Trinajstić information content (AvgIpc) is 1.95. The Hall–Kier alpha value is -0.290. The van der Waals surface area contributed by atoms with Crippen LogP contribution in [0.25, 0.3) is 0 Å². The van der Waals surface area contributed by atoms with Crippen molar-refractivity contribution in [3.8, 4) is 0 Å². The van der Waals surface area contributed by atoms with Gasteiger partial charge in [0.05, 0.1) is 6.61 Å². The highest BCUT2D eigenvalue weighted by molar-refractivity contribution is 4.80. The van der Waals surface area contributed by atoms with Gasteiger partial charge in [-0.25, -0.2) is 0 Å². The molecule has 0 N–H and O–H groups in total. The van der Waals surface area contributed by atoms with Gasteiger partial charge in [0, 0.05) is 19.1 Å². The van der Waals surface area contributed by atoms with Gasteiger partial charge in [-0.05, 0) is 12.8 Å². The molecule has 13 heavy (non-hydrogen) atoms. The van der Waals surface area contributed by atoms with E-state index in [9.17, 15) is 13.2 Å². The first kappa shape index (κ1) is 10.8. The average molecular weight is 197 g/mol. The van der Waals surface area contributed by atoms with Crippen molar-refractivity contribution in [2.45, 2.75) is 32.2 Å². The first-order valence-electron chi connectivity index (χ1n) is 4.47. The van der Waals surface area contributed by atoms with Gasteiger partial charge in [-0.2, -0.15) is 0 Å². The normalized spacial score (nSPS) is 24.5. The highest BCUT2D eigenvalue weighted by Gasteiger charge is 2.31. The molecular weight excluding hydrogens is 183 g/mol. The van der Waals surface area contributed by atoms with Gasteiger partial charge in [-0.15, -0.1) is 13.2 Å². The van der Waals surface area contributed by atoms with Crippen LogP contribution in [0.2, 0.25) is 0 Å². The zero-order valence-corrected chi connectivity index (χ0v) is 7.60. The van der Waals surface area contributed by atoms with Crippen LogP contribution < -0.4 is 0 Å². The van der Waals surface area contributed by atoms with E-state index in [1.807, 2.05) is 11.8 Å². The fourth-order valence-electron chi connectivity index (χ4n) is 1.53. The Morgan fingerprint density at radius 3 is 2.54 bits per heavy atom.